The van der Waals surface area contributed by atoms with Crippen molar-refractivity contribution in [2.45, 2.75) is 65.2 Å². The van der Waals surface area contributed by atoms with Gasteiger partial charge in [-0.3, -0.25) is 4.79 Å². The first kappa shape index (κ1) is 25.3. The molecule has 2 aliphatic rings. The summed E-state index contributed by atoms with van der Waals surface area (Å²) in [7, 11) is 0. The second-order valence-corrected chi connectivity index (χ2v) is 9.64. The van der Waals surface area contributed by atoms with Crippen LogP contribution >= 0.6 is 0 Å². The first-order valence-corrected chi connectivity index (χ1v) is 11.5. The number of hydrogen-bond donors (Lipinski definition) is 1. The van der Waals surface area contributed by atoms with Gasteiger partial charge in [-0.2, -0.15) is 0 Å². The van der Waals surface area contributed by atoms with Crippen molar-refractivity contribution in [3.8, 4) is 11.3 Å². The van der Waals surface area contributed by atoms with Gasteiger partial charge in [-0.25, -0.2) is 0 Å². The second-order valence-electron chi connectivity index (χ2n) is 9.64. The fourth-order valence-electron chi connectivity index (χ4n) is 5.72. The van der Waals surface area contributed by atoms with Crippen LogP contribution in [0.15, 0.2) is 54.4 Å². The molecule has 2 aromatic carbocycles. The molecule has 0 spiro atoms. The fourth-order valence-corrected chi connectivity index (χ4v) is 5.72. The molecular formula is C29H32IrNO2-. The summed E-state index contributed by atoms with van der Waals surface area (Å²) < 4.78 is 0. The minimum atomic E-state index is -0.125. The van der Waals surface area contributed by atoms with Crippen LogP contribution in [0.5, 0.6) is 0 Å². The zero-order valence-electron chi connectivity index (χ0n) is 19.9. The number of hydrogen-bond acceptors (Lipinski definition) is 3. The zero-order chi connectivity index (χ0) is 22.9. The number of nitrogens with zero attached hydrogens (tertiary/aromatic N) is 1. The van der Waals surface area contributed by atoms with Gasteiger partial charge in [0.05, 0.1) is 5.76 Å². The maximum absolute atomic E-state index is 10.0. The Bertz CT molecular complexity index is 1170. The molecule has 0 amide bonds. The Morgan fingerprint density at radius 3 is 2.30 bits per heavy atom. The first-order valence-electron chi connectivity index (χ1n) is 11.5. The van der Waals surface area contributed by atoms with E-state index in [0.29, 0.717) is 5.41 Å². The van der Waals surface area contributed by atoms with Crippen molar-refractivity contribution in [1.29, 1.82) is 0 Å². The number of allylic oxidation sites excluding steroid dienone is 2. The van der Waals surface area contributed by atoms with Gasteiger partial charge >= 0.3 is 0 Å². The molecule has 0 saturated heterocycles. The van der Waals surface area contributed by atoms with Crippen LogP contribution in [0.4, 0.5) is 0 Å². The molecule has 4 heteroatoms. The van der Waals surface area contributed by atoms with Crippen LogP contribution < -0.4 is 0 Å². The number of carbonyl (C=O) groups excluding carboxylic acids is 1. The van der Waals surface area contributed by atoms with E-state index < -0.39 is 0 Å². The van der Waals surface area contributed by atoms with Crippen molar-refractivity contribution in [3.05, 3.63) is 77.2 Å². The van der Waals surface area contributed by atoms with Gasteiger partial charge in [0, 0.05) is 32.4 Å². The summed E-state index contributed by atoms with van der Waals surface area (Å²) in [4.78, 5) is 15.0. The monoisotopic (exact) mass is 619 g/mol. The number of benzene rings is 2. The van der Waals surface area contributed by atoms with Crippen LogP contribution in [-0.4, -0.2) is 15.9 Å². The number of aliphatic hydroxyl groups excluding tert-OH is 1. The van der Waals surface area contributed by atoms with Crippen molar-refractivity contribution in [2.24, 2.45) is 5.92 Å². The molecular weight excluding hydrogens is 587 g/mol. The maximum atomic E-state index is 10.0. The van der Waals surface area contributed by atoms with Gasteiger partial charge in [-0.1, -0.05) is 38.1 Å². The molecule has 2 fully saturated rings. The maximum Gasteiger partial charge on any atom is 0.155 e. The number of pyridine rings is 1. The van der Waals surface area contributed by atoms with Crippen LogP contribution in [0, 0.1) is 25.8 Å². The van der Waals surface area contributed by atoms with Crippen molar-refractivity contribution < 1.29 is 30.0 Å². The Labute approximate surface area is 210 Å². The number of aromatic nitrogens is 1. The third-order valence-corrected chi connectivity index (χ3v) is 6.92. The van der Waals surface area contributed by atoms with Gasteiger partial charge in [0.25, 0.3) is 0 Å². The van der Waals surface area contributed by atoms with Gasteiger partial charge in [0.15, 0.2) is 5.78 Å². The van der Waals surface area contributed by atoms with Gasteiger partial charge in [0.2, 0.25) is 0 Å². The Kier molecular flexibility index (Phi) is 7.92. The molecule has 1 heterocycles. The van der Waals surface area contributed by atoms with Gasteiger partial charge in [0.1, 0.15) is 0 Å². The quantitative estimate of drug-likeness (QED) is 0.192. The van der Waals surface area contributed by atoms with E-state index in [1.54, 1.807) is 0 Å². The number of aryl methyl sites for hydroxylation is 2. The predicted octanol–water partition coefficient (Wildman–Crippen LogP) is 7.19. The zero-order valence-corrected chi connectivity index (χ0v) is 22.3. The van der Waals surface area contributed by atoms with E-state index >= 15 is 0 Å². The molecule has 0 atom stereocenters. The summed E-state index contributed by atoms with van der Waals surface area (Å²) in [5.41, 5.74) is 6.54. The molecule has 3 aromatic rings. The van der Waals surface area contributed by atoms with Crippen molar-refractivity contribution in [3.63, 3.8) is 0 Å². The van der Waals surface area contributed by atoms with Crippen molar-refractivity contribution >= 4 is 16.6 Å². The number of rotatable bonds is 3. The van der Waals surface area contributed by atoms with E-state index in [4.69, 9.17) is 10.1 Å². The van der Waals surface area contributed by atoms with E-state index in [2.05, 4.69) is 62.5 Å². The molecule has 2 saturated carbocycles. The summed E-state index contributed by atoms with van der Waals surface area (Å²) in [6, 6.07) is 16.8. The minimum Gasteiger partial charge on any atom is -0.512 e. The SMILES string of the molecule is CC(=O)/C=C(/C)O.Cc1[c-]c(-c2ncc(C34CCC(CC3)C4)c3ccccc23)cc(C)c1.[Ir]. The van der Waals surface area contributed by atoms with Crippen LogP contribution in [-0.2, 0) is 30.3 Å². The van der Waals surface area contributed by atoms with Crippen molar-refractivity contribution in [2.75, 3.05) is 0 Å². The number of ketones is 1. The predicted molar refractivity (Wildman–Crippen MR) is 131 cm³/mol. The fraction of sp³-hybridized carbons (Fsp3) is 0.379. The molecule has 175 valence electrons. The van der Waals surface area contributed by atoms with Crippen LogP contribution in [0.1, 0.15) is 62.6 Å². The third-order valence-electron chi connectivity index (χ3n) is 6.92. The smallest absolute Gasteiger partial charge is 0.155 e. The van der Waals surface area contributed by atoms with E-state index in [1.165, 1.54) is 79.5 Å². The normalized spacial score (nSPS) is 21.3. The van der Waals surface area contributed by atoms with Crippen LogP contribution in [0.3, 0.4) is 0 Å². The molecule has 1 radical (unpaired) electrons. The van der Waals surface area contributed by atoms with Gasteiger partial charge in [-0.15, -0.1) is 34.9 Å². The number of aliphatic hydroxyl groups is 1. The number of fused-ring (bicyclic) bond motifs is 3. The average Bonchev–Trinajstić information content (AvgIpc) is 3.34. The van der Waals surface area contributed by atoms with Crippen molar-refractivity contribution in [1.82, 2.24) is 4.98 Å². The molecule has 1 aromatic heterocycles. The minimum absolute atomic E-state index is 0. The van der Waals surface area contributed by atoms with E-state index in [-0.39, 0.29) is 31.6 Å². The molecule has 0 unspecified atom stereocenters. The van der Waals surface area contributed by atoms with E-state index in [1.807, 2.05) is 0 Å². The molecule has 2 bridgehead atoms. The van der Waals surface area contributed by atoms with Gasteiger partial charge < -0.3 is 10.1 Å². The van der Waals surface area contributed by atoms with Crippen LogP contribution in [0.2, 0.25) is 0 Å². The largest absolute Gasteiger partial charge is 0.512 e. The summed E-state index contributed by atoms with van der Waals surface area (Å²) in [6.45, 7) is 7.11. The Hall–Kier alpha value is -2.29. The van der Waals surface area contributed by atoms with Gasteiger partial charge in [-0.05, 0) is 79.3 Å². The summed E-state index contributed by atoms with van der Waals surface area (Å²) in [5, 5.41) is 11.1. The first-order chi connectivity index (χ1) is 15.3. The summed E-state index contributed by atoms with van der Waals surface area (Å²) >= 11 is 0. The Morgan fingerprint density at radius 2 is 1.79 bits per heavy atom. The van der Waals surface area contributed by atoms with Crippen LogP contribution in [0.25, 0.3) is 22.0 Å². The van der Waals surface area contributed by atoms with E-state index in [0.717, 1.165) is 17.2 Å². The Morgan fingerprint density at radius 1 is 1.12 bits per heavy atom. The molecule has 1 N–H and O–H groups in total. The molecule has 0 aliphatic heterocycles. The second kappa shape index (κ2) is 10.3. The molecule has 2 aliphatic carbocycles. The summed E-state index contributed by atoms with van der Waals surface area (Å²) in [5.74, 6) is 0.888. The third kappa shape index (κ3) is 5.45. The topological polar surface area (TPSA) is 50.2 Å². The molecule has 5 rings (SSSR count). The average molecular weight is 619 g/mol. The van der Waals surface area contributed by atoms with E-state index in [9.17, 15) is 4.79 Å². The molecule has 33 heavy (non-hydrogen) atoms. The summed E-state index contributed by atoms with van der Waals surface area (Å²) in [6.07, 6.45) is 10.2. The standard InChI is InChI=1S/C24H24N.C5H8O2.Ir/c1-16-11-17(2)13-19(12-16)23-21-6-4-3-5-20(21)22(15-25-23)24-9-7-18(14-24)8-10-24;1-4(6)3-5(2)7;/h3-6,11-12,15,18H,7-10,14H2,1-2H3;3,6H,1-2H3;/q-1;;/b;4-3-;. The Balaban J connectivity index is 0.000000337. The number of carbonyl (C=O) groups is 1. The molecule has 3 nitrogen and oxygen atoms in total.